The molecule has 68 valence electrons. The first-order valence-corrected chi connectivity index (χ1v) is 4.95. The molecular formula is C10H16O2. The normalized spacial score (nSPS) is 28.3. The van der Waals surface area contributed by atoms with E-state index in [9.17, 15) is 4.79 Å². The second-order valence-electron chi connectivity index (χ2n) is 4.47. The molecule has 2 nitrogen and oxygen atoms in total. The first-order chi connectivity index (χ1) is 5.72. The molecule has 0 bridgehead atoms. The van der Waals surface area contributed by atoms with Crippen LogP contribution in [0.2, 0.25) is 0 Å². The lowest BCUT2D eigenvalue weighted by molar-refractivity contribution is -0.144. The number of hydrogen-bond acceptors (Lipinski definition) is 1. The fraction of sp³-hybridized carbons (Fsp3) is 0.900. The second-order valence-corrected chi connectivity index (χ2v) is 4.47. The van der Waals surface area contributed by atoms with Crippen molar-refractivity contribution >= 4 is 5.97 Å². The molecule has 2 aliphatic carbocycles. The molecule has 0 aliphatic heterocycles. The average molecular weight is 168 g/mol. The number of aliphatic carboxylic acids is 1. The molecule has 0 unspecified atom stereocenters. The molecule has 0 atom stereocenters. The molecule has 0 radical (unpaired) electrons. The summed E-state index contributed by atoms with van der Waals surface area (Å²) in [6, 6.07) is 0. The van der Waals surface area contributed by atoms with Crippen LogP contribution in [0.5, 0.6) is 0 Å². The zero-order valence-corrected chi connectivity index (χ0v) is 7.38. The summed E-state index contributed by atoms with van der Waals surface area (Å²) in [6.07, 6.45) is 8.29. The van der Waals surface area contributed by atoms with E-state index in [-0.39, 0.29) is 5.92 Å². The Labute approximate surface area is 73.0 Å². The molecule has 2 saturated carbocycles. The highest BCUT2D eigenvalue weighted by molar-refractivity contribution is 5.70. The van der Waals surface area contributed by atoms with Gasteiger partial charge in [0, 0.05) is 0 Å². The fourth-order valence-corrected chi connectivity index (χ4v) is 2.65. The Balaban J connectivity index is 1.88. The van der Waals surface area contributed by atoms with Crippen LogP contribution in [0, 0.1) is 11.3 Å². The maximum atomic E-state index is 10.7. The predicted octanol–water partition coefficient (Wildman–Crippen LogP) is 2.43. The Hall–Kier alpha value is -0.530. The summed E-state index contributed by atoms with van der Waals surface area (Å²) < 4.78 is 0. The first-order valence-electron chi connectivity index (χ1n) is 4.95. The summed E-state index contributed by atoms with van der Waals surface area (Å²) in [5, 5.41) is 8.80. The number of carboxylic acids is 1. The molecule has 0 heterocycles. The van der Waals surface area contributed by atoms with E-state index < -0.39 is 5.97 Å². The van der Waals surface area contributed by atoms with Crippen molar-refractivity contribution in [3.8, 4) is 0 Å². The SMILES string of the molecule is O=C(O)C1CCC2(CCC2)CC1. The minimum atomic E-state index is -0.579. The topological polar surface area (TPSA) is 37.3 Å². The summed E-state index contributed by atoms with van der Waals surface area (Å²) in [4.78, 5) is 10.7. The first kappa shape index (κ1) is 8.09. The Morgan fingerprint density at radius 3 is 2.08 bits per heavy atom. The minimum Gasteiger partial charge on any atom is -0.481 e. The van der Waals surface area contributed by atoms with Gasteiger partial charge in [-0.2, -0.15) is 0 Å². The minimum absolute atomic E-state index is 0.0313. The molecule has 0 amide bonds. The van der Waals surface area contributed by atoms with E-state index in [1.807, 2.05) is 0 Å². The van der Waals surface area contributed by atoms with Gasteiger partial charge in [-0.25, -0.2) is 0 Å². The summed E-state index contributed by atoms with van der Waals surface area (Å²) in [5.41, 5.74) is 0.603. The number of carbonyl (C=O) groups is 1. The van der Waals surface area contributed by atoms with Crippen LogP contribution >= 0.6 is 0 Å². The standard InChI is InChI=1S/C10H16O2/c11-9(12)8-2-6-10(7-3-8)4-1-5-10/h8H,1-7H2,(H,11,12). The summed E-state index contributed by atoms with van der Waals surface area (Å²) >= 11 is 0. The quantitative estimate of drug-likeness (QED) is 0.653. The van der Waals surface area contributed by atoms with Crippen LogP contribution in [0.25, 0.3) is 0 Å². The Kier molecular flexibility index (Phi) is 1.85. The molecule has 0 aromatic carbocycles. The highest BCUT2D eigenvalue weighted by Crippen LogP contribution is 2.52. The van der Waals surface area contributed by atoms with Gasteiger partial charge in [-0.15, -0.1) is 0 Å². The van der Waals surface area contributed by atoms with E-state index in [1.54, 1.807) is 0 Å². The van der Waals surface area contributed by atoms with Crippen molar-refractivity contribution in [2.45, 2.75) is 44.9 Å². The van der Waals surface area contributed by atoms with Crippen molar-refractivity contribution in [1.29, 1.82) is 0 Å². The van der Waals surface area contributed by atoms with Crippen molar-refractivity contribution < 1.29 is 9.90 Å². The largest absolute Gasteiger partial charge is 0.481 e. The van der Waals surface area contributed by atoms with E-state index in [0.29, 0.717) is 5.41 Å². The predicted molar refractivity (Wildman–Crippen MR) is 45.9 cm³/mol. The van der Waals surface area contributed by atoms with Crippen molar-refractivity contribution in [2.24, 2.45) is 11.3 Å². The Morgan fingerprint density at radius 2 is 1.75 bits per heavy atom. The Morgan fingerprint density at radius 1 is 1.17 bits per heavy atom. The van der Waals surface area contributed by atoms with Gasteiger partial charge in [0.1, 0.15) is 0 Å². The van der Waals surface area contributed by atoms with Crippen LogP contribution in [-0.2, 0) is 4.79 Å². The van der Waals surface area contributed by atoms with Crippen LogP contribution < -0.4 is 0 Å². The van der Waals surface area contributed by atoms with Crippen LogP contribution in [0.1, 0.15) is 44.9 Å². The highest BCUT2D eigenvalue weighted by atomic mass is 16.4. The lowest BCUT2D eigenvalue weighted by Gasteiger charge is -2.46. The molecular weight excluding hydrogens is 152 g/mol. The van der Waals surface area contributed by atoms with Crippen LogP contribution in [-0.4, -0.2) is 11.1 Å². The number of rotatable bonds is 1. The molecule has 2 fully saturated rings. The van der Waals surface area contributed by atoms with Gasteiger partial charge in [-0.3, -0.25) is 4.79 Å². The van der Waals surface area contributed by atoms with Gasteiger partial charge in [0.2, 0.25) is 0 Å². The molecule has 2 aliphatic rings. The van der Waals surface area contributed by atoms with Gasteiger partial charge in [0.25, 0.3) is 0 Å². The smallest absolute Gasteiger partial charge is 0.306 e. The zero-order chi connectivity index (χ0) is 8.60. The van der Waals surface area contributed by atoms with E-state index in [4.69, 9.17) is 5.11 Å². The van der Waals surface area contributed by atoms with Crippen LogP contribution in [0.4, 0.5) is 0 Å². The van der Waals surface area contributed by atoms with Crippen molar-refractivity contribution in [2.75, 3.05) is 0 Å². The monoisotopic (exact) mass is 168 g/mol. The molecule has 0 saturated heterocycles. The maximum absolute atomic E-state index is 10.7. The third kappa shape index (κ3) is 1.23. The summed E-state index contributed by atoms with van der Waals surface area (Å²) in [5.74, 6) is -0.611. The van der Waals surface area contributed by atoms with Crippen molar-refractivity contribution in [1.82, 2.24) is 0 Å². The molecule has 2 heteroatoms. The average Bonchev–Trinajstić information content (AvgIpc) is 2.02. The van der Waals surface area contributed by atoms with Crippen LogP contribution in [0.3, 0.4) is 0 Å². The van der Waals surface area contributed by atoms with Crippen molar-refractivity contribution in [3.05, 3.63) is 0 Å². The van der Waals surface area contributed by atoms with Gasteiger partial charge in [-0.05, 0) is 43.9 Å². The van der Waals surface area contributed by atoms with E-state index >= 15 is 0 Å². The molecule has 0 aromatic heterocycles. The van der Waals surface area contributed by atoms with Crippen molar-refractivity contribution in [3.63, 3.8) is 0 Å². The van der Waals surface area contributed by atoms with E-state index in [1.165, 1.54) is 32.1 Å². The maximum Gasteiger partial charge on any atom is 0.306 e. The molecule has 2 rings (SSSR count). The fourth-order valence-electron chi connectivity index (χ4n) is 2.65. The Bertz CT molecular complexity index is 184. The van der Waals surface area contributed by atoms with E-state index in [0.717, 1.165) is 12.8 Å². The molecule has 12 heavy (non-hydrogen) atoms. The van der Waals surface area contributed by atoms with E-state index in [2.05, 4.69) is 0 Å². The van der Waals surface area contributed by atoms with Gasteiger partial charge in [0.05, 0.1) is 5.92 Å². The molecule has 0 aromatic rings. The molecule has 1 N–H and O–H groups in total. The lowest BCUT2D eigenvalue weighted by atomic mass is 9.59. The third-order valence-corrected chi connectivity index (χ3v) is 3.81. The molecule has 1 spiro atoms. The number of hydrogen-bond donors (Lipinski definition) is 1. The van der Waals surface area contributed by atoms with Gasteiger partial charge >= 0.3 is 5.97 Å². The highest BCUT2D eigenvalue weighted by Gasteiger charge is 2.41. The lowest BCUT2D eigenvalue weighted by Crippen LogP contribution is -2.35. The zero-order valence-electron chi connectivity index (χ0n) is 7.38. The summed E-state index contributed by atoms with van der Waals surface area (Å²) in [7, 11) is 0. The van der Waals surface area contributed by atoms with Gasteiger partial charge in [-0.1, -0.05) is 6.42 Å². The van der Waals surface area contributed by atoms with Gasteiger partial charge < -0.3 is 5.11 Å². The third-order valence-electron chi connectivity index (χ3n) is 3.81. The van der Waals surface area contributed by atoms with Gasteiger partial charge in [0.15, 0.2) is 0 Å². The number of carboxylic acid groups (broad SMARTS) is 1. The summed E-state index contributed by atoms with van der Waals surface area (Å²) in [6.45, 7) is 0. The second kappa shape index (κ2) is 2.75. The van der Waals surface area contributed by atoms with Crippen LogP contribution in [0.15, 0.2) is 0 Å².